The van der Waals surface area contributed by atoms with Crippen molar-refractivity contribution in [3.63, 3.8) is 0 Å². The van der Waals surface area contributed by atoms with E-state index in [9.17, 15) is 9.90 Å². The van der Waals surface area contributed by atoms with Crippen molar-refractivity contribution in [2.24, 2.45) is 5.92 Å². The highest BCUT2D eigenvalue weighted by molar-refractivity contribution is 5.76. The van der Waals surface area contributed by atoms with E-state index in [1.165, 1.54) is 0 Å². The van der Waals surface area contributed by atoms with Gasteiger partial charge >= 0.3 is 0 Å². The van der Waals surface area contributed by atoms with Crippen molar-refractivity contribution < 1.29 is 9.90 Å². The number of carbonyl (C=O) groups is 1. The molecule has 0 aliphatic carbocycles. The number of nitrogens with zero attached hydrogens (tertiary/aromatic N) is 2. The van der Waals surface area contributed by atoms with Crippen LogP contribution < -0.4 is 0 Å². The minimum atomic E-state index is -0.504. The number of aromatic amines is 1. The van der Waals surface area contributed by atoms with Crippen LogP contribution in [0.2, 0.25) is 0 Å². The van der Waals surface area contributed by atoms with Crippen LogP contribution in [0, 0.1) is 5.92 Å². The van der Waals surface area contributed by atoms with Crippen LogP contribution in [0.4, 0.5) is 0 Å². The summed E-state index contributed by atoms with van der Waals surface area (Å²) in [6, 6.07) is 8.09. The fourth-order valence-corrected chi connectivity index (χ4v) is 3.24. The molecule has 0 saturated carbocycles. The molecule has 3 rings (SSSR count). The number of rotatable bonds is 5. The fraction of sp³-hybridized carbons (Fsp3) is 0.556. The maximum absolute atomic E-state index is 12.1. The molecule has 0 bridgehead atoms. The molecule has 1 aliphatic heterocycles. The Labute approximate surface area is 136 Å². The van der Waals surface area contributed by atoms with Gasteiger partial charge in [-0.3, -0.25) is 4.79 Å². The summed E-state index contributed by atoms with van der Waals surface area (Å²) in [5, 5.41) is 9.62. The number of imidazole rings is 1. The van der Waals surface area contributed by atoms with E-state index in [2.05, 4.69) is 9.97 Å². The number of amides is 1. The number of benzene rings is 1. The third-order valence-corrected chi connectivity index (χ3v) is 4.77. The molecule has 1 amide bonds. The van der Waals surface area contributed by atoms with Crippen molar-refractivity contribution in [1.82, 2.24) is 14.9 Å². The Kier molecular flexibility index (Phi) is 4.96. The third kappa shape index (κ3) is 3.91. The summed E-state index contributed by atoms with van der Waals surface area (Å²) in [4.78, 5) is 22.0. The van der Waals surface area contributed by atoms with Crippen LogP contribution in [0.5, 0.6) is 0 Å². The highest BCUT2D eigenvalue weighted by Crippen LogP contribution is 2.22. The zero-order valence-electron chi connectivity index (χ0n) is 13.7. The number of aliphatic hydroxyl groups is 1. The molecule has 1 atom stereocenters. The van der Waals surface area contributed by atoms with E-state index in [-0.39, 0.29) is 12.3 Å². The number of nitrogens with one attached hydrogen (secondary N) is 1. The number of H-pyrrole nitrogens is 1. The fourth-order valence-electron chi connectivity index (χ4n) is 3.24. The molecule has 124 valence electrons. The Bertz CT molecular complexity index is 626. The molecule has 2 heterocycles. The summed E-state index contributed by atoms with van der Waals surface area (Å²) in [6.07, 6.45) is 3.33. The predicted octanol–water partition coefficient (Wildman–Crippen LogP) is 2.51. The molecular formula is C18H25N3O2. The van der Waals surface area contributed by atoms with E-state index in [1.807, 2.05) is 36.1 Å². The summed E-state index contributed by atoms with van der Waals surface area (Å²) in [7, 11) is 0. The standard InChI is InChI=1S/C18H25N3O2/c1-2-14(22)12-18(23)21-9-7-13(8-10-21)11-17-19-15-5-3-4-6-16(15)20-17/h3-6,13-14,22H,2,7-12H2,1H3,(H,19,20). The number of para-hydroxylation sites is 2. The Morgan fingerprint density at radius 1 is 1.39 bits per heavy atom. The van der Waals surface area contributed by atoms with Gasteiger partial charge in [0.2, 0.25) is 5.91 Å². The zero-order chi connectivity index (χ0) is 16.2. The largest absolute Gasteiger partial charge is 0.393 e. The Balaban J connectivity index is 1.52. The van der Waals surface area contributed by atoms with E-state index in [0.29, 0.717) is 12.3 Å². The van der Waals surface area contributed by atoms with Crippen LogP contribution in [0.3, 0.4) is 0 Å². The predicted molar refractivity (Wildman–Crippen MR) is 90.0 cm³/mol. The first kappa shape index (κ1) is 16.0. The van der Waals surface area contributed by atoms with Crippen molar-refractivity contribution in [3.8, 4) is 0 Å². The molecule has 1 aromatic heterocycles. The van der Waals surface area contributed by atoms with Gasteiger partial charge in [0.05, 0.1) is 23.6 Å². The highest BCUT2D eigenvalue weighted by Gasteiger charge is 2.24. The van der Waals surface area contributed by atoms with Crippen molar-refractivity contribution in [2.75, 3.05) is 13.1 Å². The van der Waals surface area contributed by atoms with Crippen molar-refractivity contribution in [2.45, 2.75) is 45.1 Å². The summed E-state index contributed by atoms with van der Waals surface area (Å²) >= 11 is 0. The van der Waals surface area contributed by atoms with Crippen molar-refractivity contribution in [1.29, 1.82) is 0 Å². The lowest BCUT2D eigenvalue weighted by Crippen LogP contribution is -2.40. The molecule has 1 aliphatic rings. The van der Waals surface area contributed by atoms with Gasteiger partial charge in [0.15, 0.2) is 0 Å². The second-order valence-corrected chi connectivity index (χ2v) is 6.50. The second-order valence-electron chi connectivity index (χ2n) is 6.50. The first-order chi connectivity index (χ1) is 11.2. The topological polar surface area (TPSA) is 69.2 Å². The van der Waals surface area contributed by atoms with Crippen molar-refractivity contribution in [3.05, 3.63) is 30.1 Å². The molecule has 1 saturated heterocycles. The first-order valence-corrected chi connectivity index (χ1v) is 8.55. The molecule has 5 heteroatoms. The SMILES string of the molecule is CCC(O)CC(=O)N1CCC(Cc2nc3ccccc3[nH]2)CC1. The van der Waals surface area contributed by atoms with E-state index in [4.69, 9.17) is 0 Å². The van der Waals surface area contributed by atoms with Gasteiger partial charge in [0.25, 0.3) is 0 Å². The highest BCUT2D eigenvalue weighted by atomic mass is 16.3. The molecule has 2 N–H and O–H groups in total. The van der Waals surface area contributed by atoms with Crippen LogP contribution in [-0.2, 0) is 11.2 Å². The van der Waals surface area contributed by atoms with Crippen LogP contribution in [-0.4, -0.2) is 45.1 Å². The van der Waals surface area contributed by atoms with E-state index < -0.39 is 6.10 Å². The van der Waals surface area contributed by atoms with Crippen LogP contribution in [0.1, 0.15) is 38.4 Å². The van der Waals surface area contributed by atoms with Gasteiger partial charge in [-0.15, -0.1) is 0 Å². The number of hydrogen-bond donors (Lipinski definition) is 2. The molecule has 1 aromatic carbocycles. The number of carbonyl (C=O) groups excluding carboxylic acids is 1. The molecular weight excluding hydrogens is 290 g/mol. The zero-order valence-corrected chi connectivity index (χ0v) is 13.7. The number of likely N-dealkylation sites (tertiary alicyclic amines) is 1. The summed E-state index contributed by atoms with van der Waals surface area (Å²) in [5.41, 5.74) is 2.10. The van der Waals surface area contributed by atoms with Crippen LogP contribution >= 0.6 is 0 Å². The minimum Gasteiger partial charge on any atom is -0.393 e. The molecule has 5 nitrogen and oxygen atoms in total. The Hall–Kier alpha value is -1.88. The number of aromatic nitrogens is 2. The number of hydrogen-bond acceptors (Lipinski definition) is 3. The third-order valence-electron chi connectivity index (χ3n) is 4.77. The Morgan fingerprint density at radius 3 is 2.83 bits per heavy atom. The van der Waals surface area contributed by atoms with E-state index in [0.717, 1.165) is 49.2 Å². The van der Waals surface area contributed by atoms with Crippen molar-refractivity contribution >= 4 is 16.9 Å². The first-order valence-electron chi connectivity index (χ1n) is 8.55. The van der Waals surface area contributed by atoms with Crippen LogP contribution in [0.25, 0.3) is 11.0 Å². The molecule has 23 heavy (non-hydrogen) atoms. The normalized spacial score (nSPS) is 17.6. The summed E-state index contributed by atoms with van der Waals surface area (Å²) < 4.78 is 0. The van der Waals surface area contributed by atoms with Gasteiger partial charge in [-0.05, 0) is 37.3 Å². The lowest BCUT2D eigenvalue weighted by Gasteiger charge is -2.32. The monoisotopic (exact) mass is 315 g/mol. The van der Waals surface area contributed by atoms with Gasteiger partial charge in [-0.1, -0.05) is 19.1 Å². The minimum absolute atomic E-state index is 0.0848. The maximum Gasteiger partial charge on any atom is 0.225 e. The molecule has 1 unspecified atom stereocenters. The number of fused-ring (bicyclic) bond motifs is 1. The van der Waals surface area contributed by atoms with E-state index in [1.54, 1.807) is 0 Å². The van der Waals surface area contributed by atoms with Crippen LogP contribution in [0.15, 0.2) is 24.3 Å². The molecule has 0 spiro atoms. The lowest BCUT2D eigenvalue weighted by molar-refractivity contribution is -0.134. The molecule has 2 aromatic rings. The lowest BCUT2D eigenvalue weighted by atomic mass is 9.93. The van der Waals surface area contributed by atoms with E-state index >= 15 is 0 Å². The number of aliphatic hydroxyl groups excluding tert-OH is 1. The summed E-state index contributed by atoms with van der Waals surface area (Å²) in [5.74, 6) is 1.69. The molecule has 0 radical (unpaired) electrons. The van der Waals surface area contributed by atoms with Gasteiger partial charge < -0.3 is 15.0 Å². The average Bonchev–Trinajstić information content (AvgIpc) is 2.97. The smallest absolute Gasteiger partial charge is 0.225 e. The van der Waals surface area contributed by atoms with Gasteiger partial charge in [0.1, 0.15) is 5.82 Å². The van der Waals surface area contributed by atoms with Gasteiger partial charge in [-0.2, -0.15) is 0 Å². The quantitative estimate of drug-likeness (QED) is 0.890. The van der Waals surface area contributed by atoms with Gasteiger partial charge in [-0.25, -0.2) is 4.98 Å². The number of piperidine rings is 1. The summed E-state index contributed by atoms with van der Waals surface area (Å²) in [6.45, 7) is 3.48. The second kappa shape index (κ2) is 7.13. The maximum atomic E-state index is 12.1. The van der Waals surface area contributed by atoms with Gasteiger partial charge in [0, 0.05) is 19.5 Å². The molecule has 1 fully saturated rings. The average molecular weight is 315 g/mol. The Morgan fingerprint density at radius 2 is 2.13 bits per heavy atom.